The Kier molecular flexibility index (Phi) is 13.5. The molecule has 0 spiro atoms. The van der Waals surface area contributed by atoms with Crippen LogP contribution >= 0.6 is 0 Å². The summed E-state index contributed by atoms with van der Waals surface area (Å²) in [5, 5.41) is 18.3. The van der Waals surface area contributed by atoms with Crippen molar-refractivity contribution in [1.82, 2.24) is 0 Å². The van der Waals surface area contributed by atoms with E-state index in [9.17, 15) is 5.11 Å². The highest BCUT2D eigenvalue weighted by atomic mass is 16.5. The number of ether oxygens (including phenoxy) is 1. The molecule has 0 saturated carbocycles. The first kappa shape index (κ1) is 21.3. The van der Waals surface area contributed by atoms with Crippen LogP contribution in [-0.2, 0) is 4.74 Å². The van der Waals surface area contributed by atoms with E-state index in [-0.39, 0.29) is 18.6 Å². The van der Waals surface area contributed by atoms with Crippen LogP contribution in [0.1, 0.15) is 44.9 Å². The van der Waals surface area contributed by atoms with E-state index < -0.39 is 6.10 Å². The lowest BCUT2D eigenvalue weighted by atomic mass is 9.75. The van der Waals surface area contributed by atoms with Crippen LogP contribution in [0.4, 0.5) is 0 Å². The SMILES string of the molecule is C=C=CCCCC(CCCN)(CCCN)COCC(O)CO. The van der Waals surface area contributed by atoms with Gasteiger partial charge >= 0.3 is 0 Å². The van der Waals surface area contributed by atoms with Crippen LogP contribution in [0, 0.1) is 5.41 Å². The van der Waals surface area contributed by atoms with E-state index >= 15 is 0 Å². The highest BCUT2D eigenvalue weighted by molar-refractivity contribution is 4.83. The van der Waals surface area contributed by atoms with Crippen molar-refractivity contribution in [2.45, 2.75) is 51.0 Å². The van der Waals surface area contributed by atoms with Gasteiger partial charge in [-0.25, -0.2) is 0 Å². The highest BCUT2D eigenvalue weighted by Gasteiger charge is 2.29. The molecule has 1 atom stereocenters. The highest BCUT2D eigenvalue weighted by Crippen LogP contribution is 2.36. The van der Waals surface area contributed by atoms with Crippen LogP contribution in [0.2, 0.25) is 0 Å². The van der Waals surface area contributed by atoms with Crippen molar-refractivity contribution in [2.75, 3.05) is 32.9 Å². The van der Waals surface area contributed by atoms with Gasteiger partial charge in [-0.05, 0) is 69.5 Å². The second-order valence-corrected chi connectivity index (χ2v) is 5.94. The maximum absolute atomic E-state index is 9.42. The maximum atomic E-state index is 9.42. The largest absolute Gasteiger partial charge is 0.394 e. The third kappa shape index (κ3) is 10.1. The molecule has 0 saturated heterocycles. The number of aliphatic hydroxyl groups is 2. The summed E-state index contributed by atoms with van der Waals surface area (Å²) in [6.07, 6.45) is 8.06. The van der Waals surface area contributed by atoms with Crippen LogP contribution in [0.15, 0.2) is 18.4 Å². The number of unbranched alkanes of at least 4 members (excludes halogenated alkanes) is 1. The second kappa shape index (κ2) is 13.9. The molecule has 1 unspecified atom stereocenters. The van der Waals surface area contributed by atoms with Crippen molar-refractivity contribution in [2.24, 2.45) is 16.9 Å². The predicted molar refractivity (Wildman–Crippen MR) is 90.5 cm³/mol. The molecular formula is C17H34N2O3. The maximum Gasteiger partial charge on any atom is 0.100 e. The number of nitrogens with two attached hydrogens (primary N) is 2. The first-order chi connectivity index (χ1) is 10.6. The molecule has 0 heterocycles. The van der Waals surface area contributed by atoms with Crippen molar-refractivity contribution in [1.29, 1.82) is 0 Å². The van der Waals surface area contributed by atoms with Crippen LogP contribution in [0.25, 0.3) is 0 Å². The minimum Gasteiger partial charge on any atom is -0.394 e. The number of hydrogen-bond donors (Lipinski definition) is 4. The Morgan fingerprint density at radius 3 is 2.23 bits per heavy atom. The van der Waals surface area contributed by atoms with Gasteiger partial charge in [0.25, 0.3) is 0 Å². The summed E-state index contributed by atoms with van der Waals surface area (Å²) in [6, 6.07) is 0. The van der Waals surface area contributed by atoms with Crippen LogP contribution in [-0.4, -0.2) is 49.2 Å². The lowest BCUT2D eigenvalue weighted by Gasteiger charge is -2.34. The Labute approximate surface area is 135 Å². The zero-order valence-electron chi connectivity index (χ0n) is 13.8. The standard InChI is InChI=1S/C17H34N2O3/c1-2-3-4-5-8-17(9-6-11-18,10-7-12-19)15-22-14-16(21)13-20/h3,16,20-21H,1,4-15,18-19H2. The molecule has 0 aromatic carbocycles. The quantitative estimate of drug-likeness (QED) is 0.270. The molecule has 0 aromatic rings. The Morgan fingerprint density at radius 1 is 1.14 bits per heavy atom. The molecule has 0 amide bonds. The first-order valence-electron chi connectivity index (χ1n) is 8.25. The topological polar surface area (TPSA) is 102 Å². The predicted octanol–water partition coefficient (Wildman–Crippen LogP) is 1.33. The van der Waals surface area contributed by atoms with Gasteiger partial charge < -0.3 is 26.4 Å². The van der Waals surface area contributed by atoms with Gasteiger partial charge in [0.1, 0.15) is 6.10 Å². The average molecular weight is 314 g/mol. The fourth-order valence-corrected chi connectivity index (χ4v) is 2.69. The van der Waals surface area contributed by atoms with E-state index in [0.29, 0.717) is 19.7 Å². The lowest BCUT2D eigenvalue weighted by molar-refractivity contribution is -0.0338. The van der Waals surface area contributed by atoms with Gasteiger partial charge in [-0.3, -0.25) is 0 Å². The summed E-state index contributed by atoms with van der Waals surface area (Å²) in [5.41, 5.74) is 14.2. The van der Waals surface area contributed by atoms with Gasteiger partial charge in [0.2, 0.25) is 0 Å². The summed E-state index contributed by atoms with van der Waals surface area (Å²) in [4.78, 5) is 0. The van der Waals surface area contributed by atoms with Gasteiger partial charge in [0.15, 0.2) is 0 Å². The van der Waals surface area contributed by atoms with Gasteiger partial charge in [0, 0.05) is 0 Å². The average Bonchev–Trinajstić information content (AvgIpc) is 2.54. The van der Waals surface area contributed by atoms with E-state index in [1.54, 1.807) is 0 Å². The van der Waals surface area contributed by atoms with E-state index in [4.69, 9.17) is 21.3 Å². The first-order valence-corrected chi connectivity index (χ1v) is 8.25. The summed E-state index contributed by atoms with van der Waals surface area (Å²) in [5.74, 6) is 0. The molecule has 5 nitrogen and oxygen atoms in total. The monoisotopic (exact) mass is 314 g/mol. The van der Waals surface area contributed by atoms with Gasteiger partial charge in [-0.15, -0.1) is 5.73 Å². The fraction of sp³-hybridized carbons (Fsp3) is 0.824. The number of hydrogen-bond acceptors (Lipinski definition) is 5. The van der Waals surface area contributed by atoms with Crippen molar-refractivity contribution in [3.63, 3.8) is 0 Å². The van der Waals surface area contributed by atoms with Crippen LogP contribution in [0.3, 0.4) is 0 Å². The minimum atomic E-state index is -0.814. The summed E-state index contributed by atoms with van der Waals surface area (Å²) < 4.78 is 5.67. The number of aliphatic hydroxyl groups excluding tert-OH is 2. The molecule has 5 heteroatoms. The third-order valence-electron chi connectivity index (χ3n) is 3.95. The Balaban J connectivity index is 4.63. The van der Waals surface area contributed by atoms with E-state index in [0.717, 1.165) is 44.9 Å². The Bertz CT molecular complexity index is 296. The minimum absolute atomic E-state index is 0.0446. The van der Waals surface area contributed by atoms with E-state index in [1.807, 2.05) is 6.08 Å². The molecule has 0 aliphatic heterocycles. The Hall–Kier alpha value is -0.680. The van der Waals surface area contributed by atoms with E-state index in [1.165, 1.54) is 0 Å². The molecule has 0 rings (SSSR count). The summed E-state index contributed by atoms with van der Waals surface area (Å²) >= 11 is 0. The molecule has 0 fully saturated rings. The lowest BCUT2D eigenvalue weighted by Crippen LogP contribution is -2.31. The van der Waals surface area contributed by atoms with Crippen molar-refractivity contribution in [3.05, 3.63) is 18.4 Å². The van der Waals surface area contributed by atoms with E-state index in [2.05, 4.69) is 12.3 Å². The molecule has 22 heavy (non-hydrogen) atoms. The molecule has 0 aliphatic rings. The smallest absolute Gasteiger partial charge is 0.100 e. The Morgan fingerprint density at radius 2 is 1.73 bits per heavy atom. The zero-order valence-corrected chi connectivity index (χ0v) is 13.8. The molecule has 0 aliphatic carbocycles. The fourth-order valence-electron chi connectivity index (χ4n) is 2.69. The van der Waals surface area contributed by atoms with Gasteiger partial charge in [-0.1, -0.05) is 6.58 Å². The van der Waals surface area contributed by atoms with Crippen LogP contribution in [0.5, 0.6) is 0 Å². The molecule has 0 radical (unpaired) electrons. The second-order valence-electron chi connectivity index (χ2n) is 5.94. The molecule has 0 bridgehead atoms. The molecular weight excluding hydrogens is 280 g/mol. The normalized spacial score (nSPS) is 12.9. The number of rotatable bonds is 15. The third-order valence-corrected chi connectivity index (χ3v) is 3.95. The van der Waals surface area contributed by atoms with Crippen molar-refractivity contribution >= 4 is 0 Å². The molecule has 0 aromatic heterocycles. The zero-order chi connectivity index (χ0) is 16.7. The van der Waals surface area contributed by atoms with Crippen molar-refractivity contribution in [3.8, 4) is 0 Å². The molecule has 6 N–H and O–H groups in total. The van der Waals surface area contributed by atoms with Gasteiger partial charge in [0.05, 0.1) is 19.8 Å². The number of allylic oxidation sites excluding steroid dienone is 1. The van der Waals surface area contributed by atoms with Gasteiger partial charge in [-0.2, -0.15) is 0 Å². The molecule has 130 valence electrons. The van der Waals surface area contributed by atoms with Crippen LogP contribution < -0.4 is 11.5 Å². The van der Waals surface area contributed by atoms with Crippen molar-refractivity contribution < 1.29 is 14.9 Å². The summed E-state index contributed by atoms with van der Waals surface area (Å²) in [6.45, 7) is 5.37. The summed E-state index contributed by atoms with van der Waals surface area (Å²) in [7, 11) is 0.